The summed E-state index contributed by atoms with van der Waals surface area (Å²) in [5.74, 6) is -0.745. The van der Waals surface area contributed by atoms with Crippen LogP contribution in [0.5, 0.6) is 5.75 Å². The van der Waals surface area contributed by atoms with Gasteiger partial charge in [0.25, 0.3) is 5.91 Å². The minimum absolute atomic E-state index is 0.0139. The molecule has 2 aromatic carbocycles. The number of rotatable bonds is 6. The molecule has 0 fully saturated rings. The topological polar surface area (TPSA) is 67.4 Å². The van der Waals surface area contributed by atoms with Crippen LogP contribution in [0.3, 0.4) is 0 Å². The monoisotopic (exact) mass is 348 g/mol. The highest BCUT2D eigenvalue weighted by Gasteiger charge is 2.08. The van der Waals surface area contributed by atoms with Crippen LogP contribution in [0.25, 0.3) is 0 Å². The summed E-state index contributed by atoms with van der Waals surface area (Å²) < 4.78 is 18.7. The molecule has 0 heterocycles. The molecule has 0 aliphatic carbocycles. The summed E-state index contributed by atoms with van der Waals surface area (Å²) in [6.07, 6.45) is 0. The van der Waals surface area contributed by atoms with Gasteiger partial charge in [0.15, 0.2) is 6.61 Å². The van der Waals surface area contributed by atoms with Crippen LogP contribution in [-0.2, 0) is 9.59 Å². The summed E-state index contributed by atoms with van der Waals surface area (Å²) in [5.41, 5.74) is 5.53. The van der Waals surface area contributed by atoms with Gasteiger partial charge in [-0.2, -0.15) is 0 Å². The zero-order valence-electron chi connectivity index (χ0n) is 13.0. The van der Waals surface area contributed by atoms with E-state index in [1.54, 1.807) is 30.3 Å². The number of amides is 2. The number of ether oxygens (including phenoxy) is 1. The third-order valence-corrected chi connectivity index (χ3v) is 3.94. The van der Waals surface area contributed by atoms with Gasteiger partial charge in [0.1, 0.15) is 11.6 Å². The van der Waals surface area contributed by atoms with Crippen LogP contribution >= 0.6 is 11.8 Å². The highest BCUT2D eigenvalue weighted by Crippen LogP contribution is 2.20. The van der Waals surface area contributed by atoms with Gasteiger partial charge < -0.3 is 4.74 Å². The molecule has 0 radical (unpaired) electrons. The zero-order chi connectivity index (χ0) is 17.4. The van der Waals surface area contributed by atoms with Crippen molar-refractivity contribution in [1.82, 2.24) is 10.9 Å². The number of carbonyl (C=O) groups excluding carboxylic acids is 2. The van der Waals surface area contributed by atoms with Crippen LogP contribution in [0, 0.1) is 12.7 Å². The van der Waals surface area contributed by atoms with Gasteiger partial charge in [0, 0.05) is 4.90 Å². The van der Waals surface area contributed by atoms with Crippen LogP contribution < -0.4 is 15.6 Å². The number of hydrazine groups is 1. The van der Waals surface area contributed by atoms with Crippen molar-refractivity contribution in [2.24, 2.45) is 0 Å². The third-order valence-electron chi connectivity index (χ3n) is 2.90. The predicted octanol–water partition coefficient (Wildman–Crippen LogP) is 2.45. The second-order valence-corrected chi connectivity index (χ2v) is 5.94. The van der Waals surface area contributed by atoms with Gasteiger partial charge in [0.2, 0.25) is 5.91 Å². The number of halogens is 1. The minimum Gasteiger partial charge on any atom is -0.484 e. The average Bonchev–Trinajstić information content (AvgIpc) is 2.57. The molecule has 2 amide bonds. The molecule has 0 atom stereocenters. The highest BCUT2D eigenvalue weighted by atomic mass is 32.2. The van der Waals surface area contributed by atoms with Crippen LogP contribution in [0.15, 0.2) is 53.4 Å². The van der Waals surface area contributed by atoms with E-state index in [1.165, 1.54) is 6.07 Å². The van der Waals surface area contributed by atoms with Crippen LogP contribution in [0.2, 0.25) is 0 Å². The van der Waals surface area contributed by atoms with E-state index in [4.69, 9.17) is 4.74 Å². The molecule has 24 heavy (non-hydrogen) atoms. The van der Waals surface area contributed by atoms with Crippen molar-refractivity contribution in [2.75, 3.05) is 12.4 Å². The lowest BCUT2D eigenvalue weighted by atomic mass is 10.2. The van der Waals surface area contributed by atoms with E-state index >= 15 is 0 Å². The lowest BCUT2D eigenvalue weighted by Gasteiger charge is -2.09. The van der Waals surface area contributed by atoms with Gasteiger partial charge in [0.05, 0.1) is 5.75 Å². The molecule has 0 saturated carbocycles. The van der Waals surface area contributed by atoms with Gasteiger partial charge in [-0.1, -0.05) is 24.3 Å². The Kier molecular flexibility index (Phi) is 6.62. The lowest BCUT2D eigenvalue weighted by Crippen LogP contribution is -2.44. The van der Waals surface area contributed by atoms with E-state index in [-0.39, 0.29) is 18.2 Å². The first-order chi connectivity index (χ1) is 11.5. The van der Waals surface area contributed by atoms with E-state index in [0.29, 0.717) is 10.6 Å². The molecule has 0 aliphatic heterocycles. The van der Waals surface area contributed by atoms with Crippen LogP contribution in [0.4, 0.5) is 4.39 Å². The number of nitrogens with one attached hydrogen (secondary N) is 2. The van der Waals surface area contributed by atoms with Crippen LogP contribution in [0.1, 0.15) is 5.56 Å². The summed E-state index contributed by atoms with van der Waals surface area (Å²) in [7, 11) is 0. The van der Waals surface area contributed by atoms with E-state index in [2.05, 4.69) is 10.9 Å². The molecule has 2 aromatic rings. The standard InChI is InChI=1S/C17H17FN2O3S/c1-12-5-4-6-13(9-12)23-10-16(21)19-20-17(22)11-24-15-8-3-2-7-14(15)18/h2-9H,10-11H2,1H3,(H,19,21)(H,20,22). The summed E-state index contributed by atoms with van der Waals surface area (Å²) in [5, 5.41) is 0. The van der Waals surface area contributed by atoms with Crippen molar-refractivity contribution < 1.29 is 18.7 Å². The van der Waals surface area contributed by atoms with Crippen molar-refractivity contribution in [2.45, 2.75) is 11.8 Å². The Morgan fingerprint density at radius 1 is 1.08 bits per heavy atom. The van der Waals surface area contributed by atoms with Gasteiger partial charge in [-0.15, -0.1) is 11.8 Å². The fourth-order valence-corrected chi connectivity index (χ4v) is 2.51. The van der Waals surface area contributed by atoms with Crippen molar-refractivity contribution in [3.05, 3.63) is 59.9 Å². The predicted molar refractivity (Wildman–Crippen MR) is 90.1 cm³/mol. The quantitative estimate of drug-likeness (QED) is 0.622. The average molecular weight is 348 g/mol. The molecule has 126 valence electrons. The molecule has 2 rings (SSSR count). The SMILES string of the molecule is Cc1cccc(OCC(=O)NNC(=O)CSc2ccccc2F)c1. The van der Waals surface area contributed by atoms with Crippen molar-refractivity contribution in [3.63, 3.8) is 0 Å². The molecule has 0 unspecified atom stereocenters. The maximum Gasteiger partial charge on any atom is 0.276 e. The maximum absolute atomic E-state index is 13.4. The third kappa shape index (κ3) is 5.92. The van der Waals surface area contributed by atoms with Crippen LogP contribution in [-0.4, -0.2) is 24.2 Å². The Bertz CT molecular complexity index is 724. The Labute approximate surface area is 143 Å². The highest BCUT2D eigenvalue weighted by molar-refractivity contribution is 8.00. The summed E-state index contributed by atoms with van der Waals surface area (Å²) in [6, 6.07) is 13.5. The Morgan fingerprint density at radius 2 is 1.83 bits per heavy atom. The van der Waals surface area contributed by atoms with Crippen molar-refractivity contribution in [1.29, 1.82) is 0 Å². The normalized spacial score (nSPS) is 10.1. The zero-order valence-corrected chi connectivity index (χ0v) is 13.9. The molecule has 2 N–H and O–H groups in total. The number of hydrogen-bond acceptors (Lipinski definition) is 4. The minimum atomic E-state index is -0.485. The number of aryl methyl sites for hydroxylation is 1. The van der Waals surface area contributed by atoms with Gasteiger partial charge >= 0.3 is 0 Å². The number of hydrogen-bond donors (Lipinski definition) is 2. The number of carbonyl (C=O) groups is 2. The molecule has 0 saturated heterocycles. The smallest absolute Gasteiger partial charge is 0.276 e. The molecule has 0 aromatic heterocycles. The van der Waals surface area contributed by atoms with E-state index < -0.39 is 11.8 Å². The number of thioether (sulfide) groups is 1. The Morgan fingerprint density at radius 3 is 2.58 bits per heavy atom. The second-order valence-electron chi connectivity index (χ2n) is 4.92. The number of benzene rings is 2. The van der Waals surface area contributed by atoms with Gasteiger partial charge in [-0.25, -0.2) is 4.39 Å². The molecular weight excluding hydrogens is 331 g/mol. The summed E-state index contributed by atoms with van der Waals surface area (Å²) >= 11 is 1.05. The first kappa shape index (κ1) is 17.8. The fourth-order valence-electron chi connectivity index (χ4n) is 1.77. The van der Waals surface area contributed by atoms with E-state index in [1.807, 2.05) is 19.1 Å². The molecule has 7 heteroatoms. The molecule has 0 aliphatic rings. The first-order valence-electron chi connectivity index (χ1n) is 7.19. The van der Waals surface area contributed by atoms with Crippen molar-refractivity contribution in [3.8, 4) is 5.75 Å². The molecule has 0 bridgehead atoms. The van der Waals surface area contributed by atoms with Gasteiger partial charge in [-0.3, -0.25) is 20.4 Å². The Hall–Kier alpha value is -2.54. The fraction of sp³-hybridized carbons (Fsp3) is 0.176. The molecule has 0 spiro atoms. The van der Waals surface area contributed by atoms with E-state index in [0.717, 1.165) is 17.3 Å². The second kappa shape index (κ2) is 8.93. The molecular formula is C17H17FN2O3S. The maximum atomic E-state index is 13.4. The Balaban J connectivity index is 1.68. The lowest BCUT2D eigenvalue weighted by molar-refractivity contribution is -0.128. The van der Waals surface area contributed by atoms with Gasteiger partial charge in [-0.05, 0) is 36.8 Å². The molecule has 5 nitrogen and oxygen atoms in total. The summed E-state index contributed by atoms with van der Waals surface area (Å²) in [6.45, 7) is 1.70. The first-order valence-corrected chi connectivity index (χ1v) is 8.17. The summed E-state index contributed by atoms with van der Waals surface area (Å²) in [4.78, 5) is 23.6. The van der Waals surface area contributed by atoms with E-state index in [9.17, 15) is 14.0 Å². The largest absolute Gasteiger partial charge is 0.484 e. The van der Waals surface area contributed by atoms with Crippen molar-refractivity contribution >= 4 is 23.6 Å².